The van der Waals surface area contributed by atoms with Crippen LogP contribution in [-0.4, -0.2) is 80.5 Å². The van der Waals surface area contributed by atoms with Crippen LogP contribution < -0.4 is 0 Å². The van der Waals surface area contributed by atoms with Crippen molar-refractivity contribution in [3.63, 3.8) is 0 Å². The number of ether oxygens (including phenoxy) is 1. The Balaban J connectivity index is 2.04. The first-order valence-electron chi connectivity index (χ1n) is 6.79. The van der Waals surface area contributed by atoms with Crippen molar-refractivity contribution in [1.82, 2.24) is 4.90 Å². The molecule has 0 amide bonds. The molecule has 5 atom stereocenters. The van der Waals surface area contributed by atoms with E-state index >= 15 is 0 Å². The van der Waals surface area contributed by atoms with Crippen molar-refractivity contribution in [3.05, 3.63) is 0 Å². The van der Waals surface area contributed by atoms with Crippen LogP contribution >= 0.6 is 0 Å². The number of aliphatic hydroxyl groups excluding tert-OH is 4. The normalized spacial score (nSPS) is 43.1. The van der Waals surface area contributed by atoms with Crippen molar-refractivity contribution in [2.45, 2.75) is 56.0 Å². The maximum Gasteiger partial charge on any atom is 0.219 e. The lowest BCUT2D eigenvalue weighted by Crippen LogP contribution is -2.49. The Bertz CT molecular complexity index is 296. The molecule has 0 radical (unpaired) electrons. The molecule has 112 valence electrons. The molecule has 2 aliphatic heterocycles. The molecule has 0 spiro atoms. The third-order valence-corrected chi connectivity index (χ3v) is 4.00. The molecular formula is C12H23NO6. The molecule has 0 bridgehead atoms. The van der Waals surface area contributed by atoms with E-state index in [-0.39, 0.29) is 0 Å². The lowest BCUT2D eigenvalue weighted by atomic mass is 10.0. The van der Waals surface area contributed by atoms with Crippen molar-refractivity contribution in [1.29, 1.82) is 0 Å². The van der Waals surface area contributed by atoms with Gasteiger partial charge in [0.05, 0.1) is 6.61 Å². The molecule has 0 aromatic rings. The molecular weight excluding hydrogens is 254 g/mol. The summed E-state index contributed by atoms with van der Waals surface area (Å²) in [6.45, 7) is 0.525. The van der Waals surface area contributed by atoms with Crippen molar-refractivity contribution >= 4 is 0 Å². The van der Waals surface area contributed by atoms with Crippen LogP contribution in [0.4, 0.5) is 0 Å². The van der Waals surface area contributed by atoms with Gasteiger partial charge in [0.15, 0.2) is 0 Å². The van der Waals surface area contributed by atoms with Gasteiger partial charge in [0.25, 0.3) is 0 Å². The van der Waals surface area contributed by atoms with Gasteiger partial charge in [-0.1, -0.05) is 12.8 Å². The fourth-order valence-electron chi connectivity index (χ4n) is 2.76. The number of aliphatic hydroxyl groups is 5. The van der Waals surface area contributed by atoms with Gasteiger partial charge in [-0.15, -0.1) is 0 Å². The monoisotopic (exact) mass is 277 g/mol. The molecule has 5 N–H and O–H groups in total. The molecule has 0 aliphatic carbocycles. The molecule has 19 heavy (non-hydrogen) atoms. The minimum Gasteiger partial charge on any atom is -0.391 e. The van der Waals surface area contributed by atoms with E-state index in [9.17, 15) is 20.4 Å². The van der Waals surface area contributed by atoms with Gasteiger partial charge in [0.1, 0.15) is 24.5 Å². The average molecular weight is 277 g/mol. The fraction of sp³-hybridized carbons (Fsp3) is 1.00. The second kappa shape index (κ2) is 6.01. The fourth-order valence-corrected chi connectivity index (χ4v) is 2.76. The van der Waals surface area contributed by atoms with E-state index in [1.54, 1.807) is 4.90 Å². The Morgan fingerprint density at radius 2 is 1.74 bits per heavy atom. The first kappa shape index (κ1) is 15.1. The molecule has 2 rings (SSSR count). The van der Waals surface area contributed by atoms with Gasteiger partial charge in [-0.05, 0) is 12.8 Å². The third kappa shape index (κ3) is 2.92. The van der Waals surface area contributed by atoms with Crippen molar-refractivity contribution in [2.24, 2.45) is 0 Å². The number of hydrogen-bond acceptors (Lipinski definition) is 7. The summed E-state index contributed by atoms with van der Waals surface area (Å²) in [4.78, 5) is 1.77. The molecule has 2 aliphatic rings. The van der Waals surface area contributed by atoms with E-state index in [4.69, 9.17) is 9.84 Å². The predicted molar refractivity (Wildman–Crippen MR) is 65.0 cm³/mol. The molecule has 2 fully saturated rings. The maximum absolute atomic E-state index is 10.3. The smallest absolute Gasteiger partial charge is 0.219 e. The highest BCUT2D eigenvalue weighted by molar-refractivity contribution is 4.97. The Kier molecular flexibility index (Phi) is 4.78. The highest BCUT2D eigenvalue weighted by Gasteiger charge is 2.55. The molecule has 2 heterocycles. The molecule has 7 nitrogen and oxygen atoms in total. The van der Waals surface area contributed by atoms with E-state index in [0.717, 1.165) is 25.7 Å². The molecule has 0 saturated carbocycles. The van der Waals surface area contributed by atoms with Crippen molar-refractivity contribution < 1.29 is 30.3 Å². The van der Waals surface area contributed by atoms with E-state index in [2.05, 4.69) is 0 Å². The largest absolute Gasteiger partial charge is 0.391 e. The lowest BCUT2D eigenvalue weighted by Gasteiger charge is -2.31. The summed E-state index contributed by atoms with van der Waals surface area (Å²) in [6, 6.07) is 0. The van der Waals surface area contributed by atoms with E-state index in [0.29, 0.717) is 13.1 Å². The Morgan fingerprint density at radius 3 is 2.21 bits per heavy atom. The topological polar surface area (TPSA) is 114 Å². The molecule has 2 saturated heterocycles. The standard InChI is InChI=1S/C12H23NO6/c14-7-12(18)10(16)8(15)9(19-12)11(17)13-5-3-1-2-4-6-13/h8-11,14-18H,1-7H2/t8-,9-,10+,11?,12-/m1/s1. The SMILES string of the molecule is OC[C@@]1(O)O[C@@H](C(O)N2CCCCCC2)[C@@H](O)[C@@H]1O. The third-order valence-electron chi connectivity index (χ3n) is 4.00. The quantitative estimate of drug-likeness (QED) is 0.405. The van der Waals surface area contributed by atoms with Crippen LogP contribution in [0.3, 0.4) is 0 Å². The summed E-state index contributed by atoms with van der Waals surface area (Å²) >= 11 is 0. The van der Waals surface area contributed by atoms with E-state index in [1.165, 1.54) is 0 Å². The van der Waals surface area contributed by atoms with Crippen LogP contribution in [0, 0.1) is 0 Å². The maximum atomic E-state index is 10.3. The van der Waals surface area contributed by atoms with Crippen LogP contribution in [0.5, 0.6) is 0 Å². The van der Waals surface area contributed by atoms with Crippen LogP contribution in [0.2, 0.25) is 0 Å². The number of likely N-dealkylation sites (tertiary alicyclic amines) is 1. The van der Waals surface area contributed by atoms with Crippen molar-refractivity contribution in [2.75, 3.05) is 19.7 Å². The van der Waals surface area contributed by atoms with Gasteiger partial charge in [-0.25, -0.2) is 0 Å². The Labute approximate surface area is 112 Å². The summed E-state index contributed by atoms with van der Waals surface area (Å²) in [5, 5.41) is 48.6. The summed E-state index contributed by atoms with van der Waals surface area (Å²) in [6.07, 6.45) is -1.21. The van der Waals surface area contributed by atoms with Gasteiger partial charge < -0.3 is 30.3 Å². The average Bonchev–Trinajstić information content (AvgIpc) is 2.64. The van der Waals surface area contributed by atoms with E-state index < -0.39 is 36.9 Å². The molecule has 7 heteroatoms. The highest BCUT2D eigenvalue weighted by atomic mass is 16.7. The summed E-state index contributed by atoms with van der Waals surface area (Å²) in [5.74, 6) is -2.21. The number of nitrogens with zero attached hydrogens (tertiary/aromatic N) is 1. The summed E-state index contributed by atoms with van der Waals surface area (Å²) in [5.41, 5.74) is 0. The Hall–Kier alpha value is -0.280. The second-order valence-electron chi connectivity index (χ2n) is 5.38. The zero-order valence-electron chi connectivity index (χ0n) is 10.9. The number of rotatable bonds is 3. The van der Waals surface area contributed by atoms with Gasteiger partial charge >= 0.3 is 0 Å². The van der Waals surface area contributed by atoms with Gasteiger partial charge in [-0.3, -0.25) is 4.90 Å². The minimum atomic E-state index is -2.21. The molecule has 1 unspecified atom stereocenters. The predicted octanol–water partition coefficient (Wildman–Crippen LogP) is -2.02. The Morgan fingerprint density at radius 1 is 1.16 bits per heavy atom. The highest BCUT2D eigenvalue weighted by Crippen LogP contribution is 2.32. The van der Waals surface area contributed by atoms with Crippen LogP contribution in [-0.2, 0) is 4.74 Å². The number of hydrogen-bond donors (Lipinski definition) is 5. The lowest BCUT2D eigenvalue weighted by molar-refractivity contribution is -0.261. The molecule has 0 aromatic heterocycles. The summed E-state index contributed by atoms with van der Waals surface area (Å²) < 4.78 is 5.09. The zero-order chi connectivity index (χ0) is 14.0. The zero-order valence-corrected chi connectivity index (χ0v) is 10.9. The van der Waals surface area contributed by atoms with Gasteiger partial charge in [0, 0.05) is 13.1 Å². The summed E-state index contributed by atoms with van der Waals surface area (Å²) in [7, 11) is 0. The van der Waals surface area contributed by atoms with Crippen LogP contribution in [0.25, 0.3) is 0 Å². The second-order valence-corrected chi connectivity index (χ2v) is 5.38. The van der Waals surface area contributed by atoms with Crippen LogP contribution in [0.15, 0.2) is 0 Å². The van der Waals surface area contributed by atoms with Crippen LogP contribution in [0.1, 0.15) is 25.7 Å². The van der Waals surface area contributed by atoms with E-state index in [1.807, 2.05) is 0 Å². The first-order chi connectivity index (χ1) is 8.99. The van der Waals surface area contributed by atoms with Gasteiger partial charge in [0.2, 0.25) is 5.79 Å². The minimum absolute atomic E-state index is 0.682. The molecule has 0 aromatic carbocycles. The van der Waals surface area contributed by atoms with Gasteiger partial charge in [-0.2, -0.15) is 0 Å². The first-order valence-corrected chi connectivity index (χ1v) is 6.79. The van der Waals surface area contributed by atoms with Crippen molar-refractivity contribution in [3.8, 4) is 0 Å².